The molecule has 0 radical (unpaired) electrons. The van der Waals surface area contributed by atoms with E-state index in [0.717, 1.165) is 12.2 Å². The predicted octanol–water partition coefficient (Wildman–Crippen LogP) is 2.07. The van der Waals surface area contributed by atoms with Crippen LogP contribution in [0.5, 0.6) is 5.88 Å². The molecular formula is C16H19N3O2. The van der Waals surface area contributed by atoms with Crippen LogP contribution in [0.15, 0.2) is 53.5 Å². The Bertz CT molecular complexity index is 613. The van der Waals surface area contributed by atoms with Gasteiger partial charge in [0.2, 0.25) is 11.8 Å². The summed E-state index contributed by atoms with van der Waals surface area (Å²) in [6.07, 6.45) is 9.03. The number of hydrogen-bond acceptors (Lipinski definition) is 4. The summed E-state index contributed by atoms with van der Waals surface area (Å²) in [5, 5.41) is 0. The number of ether oxygens (including phenoxy) is 1. The highest BCUT2D eigenvalue weighted by molar-refractivity contribution is 5.92. The first-order chi connectivity index (χ1) is 10.1. The van der Waals surface area contributed by atoms with Gasteiger partial charge in [0, 0.05) is 18.7 Å². The topological polar surface area (TPSA) is 91.2 Å². The molecule has 1 aliphatic rings. The number of aromatic nitrogens is 1. The van der Waals surface area contributed by atoms with Gasteiger partial charge in [0.05, 0.1) is 5.56 Å². The summed E-state index contributed by atoms with van der Waals surface area (Å²) in [7, 11) is 0. The third-order valence-corrected chi connectivity index (χ3v) is 3.06. The van der Waals surface area contributed by atoms with Gasteiger partial charge in [0.1, 0.15) is 5.76 Å². The highest BCUT2D eigenvalue weighted by atomic mass is 16.5. The molecule has 0 atom stereocenters. The van der Waals surface area contributed by atoms with Gasteiger partial charge < -0.3 is 16.2 Å². The molecule has 0 saturated carbocycles. The third kappa shape index (κ3) is 4.29. The van der Waals surface area contributed by atoms with Crippen LogP contribution in [0.3, 0.4) is 0 Å². The lowest BCUT2D eigenvalue weighted by molar-refractivity contribution is 0.1000. The molecule has 21 heavy (non-hydrogen) atoms. The van der Waals surface area contributed by atoms with Gasteiger partial charge in [-0.25, -0.2) is 4.98 Å². The van der Waals surface area contributed by atoms with Crippen molar-refractivity contribution in [3.8, 4) is 5.88 Å². The molecular weight excluding hydrogens is 266 g/mol. The first-order valence-electron chi connectivity index (χ1n) is 6.79. The van der Waals surface area contributed by atoms with Crippen LogP contribution in [0.1, 0.15) is 30.1 Å². The van der Waals surface area contributed by atoms with Crippen molar-refractivity contribution in [2.45, 2.75) is 19.8 Å². The molecule has 0 saturated heterocycles. The van der Waals surface area contributed by atoms with Gasteiger partial charge in [-0.3, -0.25) is 4.79 Å². The van der Waals surface area contributed by atoms with Gasteiger partial charge >= 0.3 is 0 Å². The lowest BCUT2D eigenvalue weighted by Gasteiger charge is -2.08. The molecule has 0 fully saturated rings. The average molecular weight is 285 g/mol. The lowest BCUT2D eigenvalue weighted by atomic mass is 10.1. The molecule has 5 nitrogen and oxygen atoms in total. The van der Waals surface area contributed by atoms with Crippen LogP contribution in [0, 0.1) is 0 Å². The van der Waals surface area contributed by atoms with Crippen LogP contribution in [0.2, 0.25) is 0 Å². The maximum atomic E-state index is 11.0. The fourth-order valence-corrected chi connectivity index (χ4v) is 2.06. The zero-order valence-electron chi connectivity index (χ0n) is 12.0. The van der Waals surface area contributed by atoms with E-state index in [1.165, 1.54) is 17.3 Å². The zero-order chi connectivity index (χ0) is 15.2. The number of allylic oxidation sites excluding steroid dienone is 4. The predicted molar refractivity (Wildman–Crippen MR) is 81.6 cm³/mol. The van der Waals surface area contributed by atoms with Crippen LogP contribution in [0.4, 0.5) is 0 Å². The van der Waals surface area contributed by atoms with E-state index in [-0.39, 0.29) is 0 Å². The van der Waals surface area contributed by atoms with Crippen molar-refractivity contribution < 1.29 is 9.53 Å². The molecule has 0 unspecified atom stereocenters. The van der Waals surface area contributed by atoms with Gasteiger partial charge in [-0.15, -0.1) is 0 Å². The molecule has 2 rings (SSSR count). The fourth-order valence-electron chi connectivity index (χ4n) is 2.06. The fraction of sp³-hybridized carbons (Fsp3) is 0.250. The number of hydrogen-bond donors (Lipinski definition) is 2. The molecule has 0 bridgehead atoms. The number of nitrogens with two attached hydrogens (primary N) is 2. The molecule has 1 aromatic rings. The largest absolute Gasteiger partial charge is 0.443 e. The Balaban J connectivity index is 2.12. The normalized spacial score (nSPS) is 14.7. The van der Waals surface area contributed by atoms with E-state index in [4.69, 9.17) is 16.2 Å². The van der Waals surface area contributed by atoms with Gasteiger partial charge in [-0.2, -0.15) is 0 Å². The van der Waals surface area contributed by atoms with Crippen molar-refractivity contribution in [3.05, 3.63) is 59.0 Å². The minimum atomic E-state index is -0.504. The Morgan fingerprint density at radius 2 is 2.19 bits per heavy atom. The van der Waals surface area contributed by atoms with Crippen LogP contribution >= 0.6 is 0 Å². The minimum absolute atomic E-state index is 0.360. The van der Waals surface area contributed by atoms with Crippen molar-refractivity contribution in [1.82, 2.24) is 4.98 Å². The molecule has 1 aromatic heterocycles. The standard InChI is InChI=1S/C16H19N3O2/c1-11-8-12(6-7-17)2-4-14(9-11)21-15-5-3-13(10-19-15)16(18)20/h2-5,8,10H,6-7,9,17H2,1H3,(H2,18,20). The number of carbonyl (C=O) groups excluding carboxylic acids is 1. The van der Waals surface area contributed by atoms with Crippen molar-refractivity contribution in [2.75, 3.05) is 6.54 Å². The third-order valence-electron chi connectivity index (χ3n) is 3.06. The van der Waals surface area contributed by atoms with Crippen LogP contribution in [0.25, 0.3) is 0 Å². The number of primary amides is 1. The highest BCUT2D eigenvalue weighted by Gasteiger charge is 2.08. The first kappa shape index (κ1) is 15.0. The molecule has 0 aromatic carbocycles. The maximum absolute atomic E-state index is 11.0. The van der Waals surface area contributed by atoms with Crippen molar-refractivity contribution in [2.24, 2.45) is 11.5 Å². The van der Waals surface area contributed by atoms with Crippen molar-refractivity contribution in [3.63, 3.8) is 0 Å². The monoisotopic (exact) mass is 285 g/mol. The number of amides is 1. The van der Waals surface area contributed by atoms with E-state index < -0.39 is 5.91 Å². The number of nitrogens with zero attached hydrogens (tertiary/aromatic N) is 1. The summed E-state index contributed by atoms with van der Waals surface area (Å²) in [6.45, 7) is 2.67. The minimum Gasteiger partial charge on any atom is -0.443 e. The Morgan fingerprint density at radius 1 is 1.38 bits per heavy atom. The summed E-state index contributed by atoms with van der Waals surface area (Å²) in [5.41, 5.74) is 13.5. The summed E-state index contributed by atoms with van der Waals surface area (Å²) in [5.74, 6) is 0.737. The van der Waals surface area contributed by atoms with E-state index in [1.54, 1.807) is 12.1 Å². The quantitative estimate of drug-likeness (QED) is 0.866. The SMILES string of the molecule is CC1=CC(CCN)=CC=C(Oc2ccc(C(N)=O)cn2)C1. The van der Waals surface area contributed by atoms with E-state index >= 15 is 0 Å². The second-order valence-corrected chi connectivity index (χ2v) is 4.93. The lowest BCUT2D eigenvalue weighted by Crippen LogP contribution is -2.11. The van der Waals surface area contributed by atoms with Gasteiger partial charge in [-0.05, 0) is 37.6 Å². The Hall–Kier alpha value is -2.40. The molecule has 1 amide bonds. The maximum Gasteiger partial charge on any atom is 0.250 e. The van der Waals surface area contributed by atoms with Crippen molar-refractivity contribution >= 4 is 5.91 Å². The molecule has 5 heteroatoms. The van der Waals surface area contributed by atoms with Gasteiger partial charge in [-0.1, -0.05) is 17.7 Å². The second-order valence-electron chi connectivity index (χ2n) is 4.93. The van der Waals surface area contributed by atoms with E-state index in [1.807, 2.05) is 12.2 Å². The molecule has 4 N–H and O–H groups in total. The summed E-state index contributed by atoms with van der Waals surface area (Å²) >= 11 is 0. The molecule has 0 aliphatic heterocycles. The van der Waals surface area contributed by atoms with Crippen LogP contribution in [-0.4, -0.2) is 17.4 Å². The molecule has 110 valence electrons. The zero-order valence-corrected chi connectivity index (χ0v) is 12.0. The highest BCUT2D eigenvalue weighted by Crippen LogP contribution is 2.21. The molecule has 0 spiro atoms. The van der Waals surface area contributed by atoms with Gasteiger partial charge in [0.25, 0.3) is 0 Å². The number of rotatable bonds is 5. The Kier molecular flexibility index (Phi) is 4.90. The average Bonchev–Trinajstić information content (AvgIpc) is 2.61. The molecule has 1 aliphatic carbocycles. The number of carbonyl (C=O) groups is 1. The summed E-state index contributed by atoms with van der Waals surface area (Å²) in [4.78, 5) is 15.1. The Morgan fingerprint density at radius 3 is 2.81 bits per heavy atom. The Labute approximate surface area is 124 Å². The van der Waals surface area contributed by atoms with Crippen molar-refractivity contribution in [1.29, 1.82) is 0 Å². The van der Waals surface area contributed by atoms with E-state index in [0.29, 0.717) is 24.4 Å². The summed E-state index contributed by atoms with van der Waals surface area (Å²) in [6, 6.07) is 3.23. The second kappa shape index (κ2) is 6.85. The van der Waals surface area contributed by atoms with Crippen LogP contribution in [-0.2, 0) is 0 Å². The van der Waals surface area contributed by atoms with Gasteiger partial charge in [0.15, 0.2) is 0 Å². The van der Waals surface area contributed by atoms with Crippen LogP contribution < -0.4 is 16.2 Å². The first-order valence-corrected chi connectivity index (χ1v) is 6.79. The van der Waals surface area contributed by atoms with E-state index in [2.05, 4.69) is 18.0 Å². The summed E-state index contributed by atoms with van der Waals surface area (Å²) < 4.78 is 5.75. The van der Waals surface area contributed by atoms with E-state index in [9.17, 15) is 4.79 Å². The number of pyridine rings is 1. The molecule has 1 heterocycles. The smallest absolute Gasteiger partial charge is 0.250 e.